The number of carbonyl (C=O) groups is 1. The van der Waals surface area contributed by atoms with Crippen molar-refractivity contribution in [1.29, 1.82) is 0 Å². The summed E-state index contributed by atoms with van der Waals surface area (Å²) in [5.41, 5.74) is 1.18. The first-order chi connectivity index (χ1) is 9.65. The fraction of sp³-hybridized carbons (Fsp3) is 0.312. The monoisotopic (exact) mass is 273 g/mol. The van der Waals surface area contributed by atoms with Crippen molar-refractivity contribution >= 4 is 5.91 Å². The molecule has 4 heteroatoms. The van der Waals surface area contributed by atoms with E-state index in [9.17, 15) is 4.79 Å². The summed E-state index contributed by atoms with van der Waals surface area (Å²) in [6.07, 6.45) is 1.91. The molecule has 1 N–H and O–H groups in total. The van der Waals surface area contributed by atoms with E-state index in [1.807, 2.05) is 44.2 Å². The highest BCUT2D eigenvalue weighted by Crippen LogP contribution is 2.13. The molecule has 2 rings (SSSR count). The third kappa shape index (κ3) is 4.16. The summed E-state index contributed by atoms with van der Waals surface area (Å²) in [6, 6.07) is 11.3. The number of aryl methyl sites for hydroxylation is 1. The standard InChI is InChI=1S/C16H19NO3/c1-12-5-7-14(8-6-12)19-11-9-16(18)17-13(2)15-4-3-10-20-15/h3-8,10,13H,9,11H2,1-2H3,(H,17,18)/t13-/m0/s1. The molecular formula is C16H19NO3. The number of furan rings is 1. The first-order valence-corrected chi connectivity index (χ1v) is 6.67. The number of carbonyl (C=O) groups excluding carboxylic acids is 1. The van der Waals surface area contributed by atoms with Crippen LogP contribution in [-0.2, 0) is 4.79 Å². The summed E-state index contributed by atoms with van der Waals surface area (Å²) in [5, 5.41) is 2.86. The molecule has 0 aliphatic carbocycles. The van der Waals surface area contributed by atoms with Crippen molar-refractivity contribution in [2.45, 2.75) is 26.3 Å². The molecule has 1 aromatic heterocycles. The summed E-state index contributed by atoms with van der Waals surface area (Å²) >= 11 is 0. The molecule has 0 saturated carbocycles. The van der Waals surface area contributed by atoms with Crippen LogP contribution in [0.15, 0.2) is 47.1 Å². The second-order valence-electron chi connectivity index (χ2n) is 4.72. The van der Waals surface area contributed by atoms with Crippen molar-refractivity contribution in [1.82, 2.24) is 5.32 Å². The normalized spacial score (nSPS) is 11.9. The van der Waals surface area contributed by atoms with Crippen LogP contribution in [0.25, 0.3) is 0 Å². The predicted molar refractivity (Wildman–Crippen MR) is 76.6 cm³/mol. The van der Waals surface area contributed by atoms with Gasteiger partial charge in [0, 0.05) is 0 Å². The first-order valence-electron chi connectivity index (χ1n) is 6.67. The van der Waals surface area contributed by atoms with Crippen molar-refractivity contribution < 1.29 is 13.9 Å². The highest BCUT2D eigenvalue weighted by molar-refractivity contribution is 5.76. The third-order valence-corrected chi connectivity index (χ3v) is 2.97. The number of amides is 1. The Labute approximate surface area is 118 Å². The van der Waals surface area contributed by atoms with E-state index in [0.717, 1.165) is 11.5 Å². The molecule has 1 amide bonds. The molecule has 0 saturated heterocycles. The van der Waals surface area contributed by atoms with E-state index in [1.54, 1.807) is 12.3 Å². The molecule has 0 unspecified atom stereocenters. The van der Waals surface area contributed by atoms with Gasteiger partial charge in [-0.15, -0.1) is 0 Å². The number of benzene rings is 1. The van der Waals surface area contributed by atoms with Crippen LogP contribution in [-0.4, -0.2) is 12.5 Å². The minimum Gasteiger partial charge on any atom is -0.493 e. The van der Waals surface area contributed by atoms with Crippen molar-refractivity contribution in [2.24, 2.45) is 0 Å². The Hall–Kier alpha value is -2.23. The minimum atomic E-state index is -0.128. The summed E-state index contributed by atoms with van der Waals surface area (Å²) < 4.78 is 10.8. The number of hydrogen-bond donors (Lipinski definition) is 1. The van der Waals surface area contributed by atoms with Crippen LogP contribution < -0.4 is 10.1 Å². The Balaban J connectivity index is 1.71. The average Bonchev–Trinajstić information content (AvgIpc) is 2.95. The molecule has 0 aliphatic rings. The molecule has 0 radical (unpaired) electrons. The van der Waals surface area contributed by atoms with Crippen LogP contribution in [0.5, 0.6) is 5.75 Å². The molecule has 1 atom stereocenters. The van der Waals surface area contributed by atoms with Gasteiger partial charge in [0.15, 0.2) is 0 Å². The maximum Gasteiger partial charge on any atom is 0.224 e. The summed E-state index contributed by atoms with van der Waals surface area (Å²) in [4.78, 5) is 11.8. The summed E-state index contributed by atoms with van der Waals surface area (Å²) in [6.45, 7) is 4.27. The molecule has 1 heterocycles. The van der Waals surface area contributed by atoms with Gasteiger partial charge in [-0.25, -0.2) is 0 Å². The zero-order valence-corrected chi connectivity index (χ0v) is 11.8. The first kappa shape index (κ1) is 14.2. The number of ether oxygens (including phenoxy) is 1. The largest absolute Gasteiger partial charge is 0.493 e. The predicted octanol–water partition coefficient (Wildman–Crippen LogP) is 3.23. The minimum absolute atomic E-state index is 0.0546. The van der Waals surface area contributed by atoms with Crippen LogP contribution in [0.1, 0.15) is 30.7 Å². The number of nitrogens with one attached hydrogen (secondary N) is 1. The molecule has 2 aromatic rings. The fourth-order valence-corrected chi connectivity index (χ4v) is 1.82. The molecule has 0 aliphatic heterocycles. The zero-order valence-electron chi connectivity index (χ0n) is 11.8. The van der Waals surface area contributed by atoms with E-state index < -0.39 is 0 Å². The van der Waals surface area contributed by atoms with Gasteiger partial charge >= 0.3 is 0 Å². The Morgan fingerprint density at radius 3 is 2.70 bits per heavy atom. The maximum absolute atomic E-state index is 11.8. The summed E-state index contributed by atoms with van der Waals surface area (Å²) in [7, 11) is 0. The van der Waals surface area contributed by atoms with Gasteiger partial charge in [0.2, 0.25) is 5.91 Å². The highest BCUT2D eigenvalue weighted by atomic mass is 16.5. The van der Waals surface area contributed by atoms with Gasteiger partial charge in [-0.3, -0.25) is 4.79 Å². The third-order valence-electron chi connectivity index (χ3n) is 2.97. The maximum atomic E-state index is 11.8. The van der Waals surface area contributed by atoms with Crippen LogP contribution in [0, 0.1) is 6.92 Å². The van der Waals surface area contributed by atoms with Gasteiger partial charge in [0.1, 0.15) is 11.5 Å². The fourth-order valence-electron chi connectivity index (χ4n) is 1.82. The number of rotatable bonds is 6. The average molecular weight is 273 g/mol. The van der Waals surface area contributed by atoms with Gasteiger partial charge in [-0.05, 0) is 38.1 Å². The lowest BCUT2D eigenvalue weighted by atomic mass is 10.2. The summed E-state index contributed by atoms with van der Waals surface area (Å²) in [5.74, 6) is 1.47. The van der Waals surface area contributed by atoms with Crippen LogP contribution in [0.4, 0.5) is 0 Å². The van der Waals surface area contributed by atoms with E-state index in [2.05, 4.69) is 5.32 Å². The Morgan fingerprint density at radius 2 is 2.05 bits per heavy atom. The lowest BCUT2D eigenvalue weighted by Crippen LogP contribution is -2.27. The quantitative estimate of drug-likeness (QED) is 0.879. The molecule has 106 valence electrons. The van der Waals surface area contributed by atoms with E-state index >= 15 is 0 Å². The van der Waals surface area contributed by atoms with Crippen molar-refractivity contribution in [2.75, 3.05) is 6.61 Å². The van der Waals surface area contributed by atoms with Gasteiger partial charge < -0.3 is 14.5 Å². The Kier molecular flexibility index (Phi) is 4.82. The lowest BCUT2D eigenvalue weighted by molar-refractivity contribution is -0.122. The number of hydrogen-bond acceptors (Lipinski definition) is 3. The van der Waals surface area contributed by atoms with Crippen molar-refractivity contribution in [3.05, 3.63) is 54.0 Å². The topological polar surface area (TPSA) is 51.5 Å². The lowest BCUT2D eigenvalue weighted by Gasteiger charge is -2.11. The van der Waals surface area contributed by atoms with E-state index in [0.29, 0.717) is 13.0 Å². The van der Waals surface area contributed by atoms with E-state index in [1.165, 1.54) is 5.56 Å². The molecule has 0 bridgehead atoms. The van der Waals surface area contributed by atoms with Crippen LogP contribution in [0.2, 0.25) is 0 Å². The van der Waals surface area contributed by atoms with Gasteiger partial charge in [-0.1, -0.05) is 17.7 Å². The highest BCUT2D eigenvalue weighted by Gasteiger charge is 2.11. The molecule has 20 heavy (non-hydrogen) atoms. The van der Waals surface area contributed by atoms with E-state index in [-0.39, 0.29) is 11.9 Å². The van der Waals surface area contributed by atoms with Gasteiger partial charge in [0.25, 0.3) is 0 Å². The zero-order chi connectivity index (χ0) is 14.4. The van der Waals surface area contributed by atoms with Crippen molar-refractivity contribution in [3.8, 4) is 5.75 Å². The van der Waals surface area contributed by atoms with E-state index in [4.69, 9.17) is 9.15 Å². The Bertz CT molecular complexity index is 531. The van der Waals surface area contributed by atoms with Crippen LogP contribution >= 0.6 is 0 Å². The van der Waals surface area contributed by atoms with Crippen molar-refractivity contribution in [3.63, 3.8) is 0 Å². The molecule has 4 nitrogen and oxygen atoms in total. The molecular weight excluding hydrogens is 254 g/mol. The van der Waals surface area contributed by atoms with Gasteiger partial charge in [-0.2, -0.15) is 0 Å². The Morgan fingerprint density at radius 1 is 1.30 bits per heavy atom. The smallest absolute Gasteiger partial charge is 0.224 e. The SMILES string of the molecule is Cc1ccc(OCCC(=O)N[C@@H](C)c2ccco2)cc1. The van der Waals surface area contributed by atoms with Crippen LogP contribution in [0.3, 0.4) is 0 Å². The second-order valence-corrected chi connectivity index (χ2v) is 4.72. The van der Waals surface area contributed by atoms with Gasteiger partial charge in [0.05, 0.1) is 25.3 Å². The second kappa shape index (κ2) is 6.80. The molecule has 0 spiro atoms. The molecule has 0 fully saturated rings. The molecule has 1 aromatic carbocycles.